The highest BCUT2D eigenvalue weighted by Crippen LogP contribution is 2.21. The summed E-state index contributed by atoms with van der Waals surface area (Å²) in [6, 6.07) is 14.2. The molecule has 2 aromatic rings. The molecule has 1 N–H and O–H groups in total. The first-order valence-electron chi connectivity index (χ1n) is 9.70. The van der Waals surface area contributed by atoms with Crippen LogP contribution in [0.25, 0.3) is 0 Å². The molecular formula is C21H26N2O5S2. The Morgan fingerprint density at radius 2 is 1.90 bits per heavy atom. The number of amides is 1. The van der Waals surface area contributed by atoms with Gasteiger partial charge < -0.3 is 14.8 Å². The Labute approximate surface area is 181 Å². The van der Waals surface area contributed by atoms with Crippen molar-refractivity contribution in [1.29, 1.82) is 0 Å². The Bertz CT molecular complexity index is 942. The predicted octanol–water partition coefficient (Wildman–Crippen LogP) is 2.77. The molecule has 1 amide bonds. The maximum Gasteiger partial charge on any atom is 0.243 e. The van der Waals surface area contributed by atoms with Crippen molar-refractivity contribution in [3.63, 3.8) is 0 Å². The van der Waals surface area contributed by atoms with E-state index in [-0.39, 0.29) is 16.6 Å². The zero-order valence-corrected chi connectivity index (χ0v) is 18.5. The summed E-state index contributed by atoms with van der Waals surface area (Å²) in [6.07, 6.45) is 0. The molecular weight excluding hydrogens is 424 g/mol. The third-order valence-corrected chi connectivity index (χ3v) is 7.29. The molecule has 1 heterocycles. The molecule has 0 bridgehead atoms. The van der Waals surface area contributed by atoms with E-state index in [9.17, 15) is 13.2 Å². The molecule has 0 radical (unpaired) electrons. The smallest absolute Gasteiger partial charge is 0.243 e. The number of carbonyl (C=O) groups excluding carboxylic acids is 1. The molecule has 7 nitrogen and oxygen atoms in total. The third-order valence-electron chi connectivity index (χ3n) is 4.48. The molecule has 0 spiro atoms. The number of carbonyl (C=O) groups is 1. The van der Waals surface area contributed by atoms with E-state index in [1.165, 1.54) is 33.8 Å². The molecule has 0 unspecified atom stereocenters. The van der Waals surface area contributed by atoms with Crippen LogP contribution in [0.2, 0.25) is 0 Å². The van der Waals surface area contributed by atoms with Crippen molar-refractivity contribution in [2.75, 3.05) is 49.7 Å². The summed E-state index contributed by atoms with van der Waals surface area (Å²) in [5.41, 5.74) is 1.64. The maximum atomic E-state index is 12.7. The number of thioether (sulfide) groups is 1. The van der Waals surface area contributed by atoms with E-state index >= 15 is 0 Å². The van der Waals surface area contributed by atoms with E-state index in [4.69, 9.17) is 9.47 Å². The molecule has 30 heavy (non-hydrogen) atoms. The van der Waals surface area contributed by atoms with Gasteiger partial charge in [-0.3, -0.25) is 4.79 Å². The second-order valence-electron chi connectivity index (χ2n) is 6.81. The zero-order chi connectivity index (χ0) is 21.4. The summed E-state index contributed by atoms with van der Waals surface area (Å²) in [5.74, 6) is 1.56. The minimum Gasteiger partial charge on any atom is -0.493 e. The number of nitrogens with zero attached hydrogens (tertiary/aromatic N) is 1. The van der Waals surface area contributed by atoms with Crippen LogP contribution < -0.4 is 10.1 Å². The van der Waals surface area contributed by atoms with Crippen LogP contribution in [0.1, 0.15) is 5.56 Å². The summed E-state index contributed by atoms with van der Waals surface area (Å²) < 4.78 is 37.7. The van der Waals surface area contributed by atoms with Gasteiger partial charge in [0, 0.05) is 24.5 Å². The quantitative estimate of drug-likeness (QED) is 0.592. The molecule has 0 atom stereocenters. The highest BCUT2D eigenvalue weighted by Gasteiger charge is 2.26. The number of morpholine rings is 1. The van der Waals surface area contributed by atoms with Gasteiger partial charge in [-0.1, -0.05) is 23.8 Å². The second-order valence-corrected chi connectivity index (χ2v) is 9.85. The average molecular weight is 451 g/mol. The summed E-state index contributed by atoms with van der Waals surface area (Å²) in [4.78, 5) is 12.4. The van der Waals surface area contributed by atoms with Crippen molar-refractivity contribution in [3.8, 4) is 5.75 Å². The summed E-state index contributed by atoms with van der Waals surface area (Å²) in [5, 5.41) is 2.76. The molecule has 1 aliphatic heterocycles. The maximum absolute atomic E-state index is 12.7. The highest BCUT2D eigenvalue weighted by molar-refractivity contribution is 7.99. The van der Waals surface area contributed by atoms with Gasteiger partial charge in [0.25, 0.3) is 0 Å². The van der Waals surface area contributed by atoms with E-state index in [2.05, 4.69) is 5.32 Å². The lowest BCUT2D eigenvalue weighted by molar-refractivity contribution is -0.113. The first kappa shape index (κ1) is 22.6. The highest BCUT2D eigenvalue weighted by atomic mass is 32.2. The Kier molecular flexibility index (Phi) is 8.15. The van der Waals surface area contributed by atoms with Crippen LogP contribution in [0.4, 0.5) is 5.69 Å². The Hall–Kier alpha value is -2.07. The van der Waals surface area contributed by atoms with Gasteiger partial charge in [-0.15, -0.1) is 11.8 Å². The number of hydrogen-bond acceptors (Lipinski definition) is 6. The van der Waals surface area contributed by atoms with E-state index in [0.29, 0.717) is 44.4 Å². The lowest BCUT2D eigenvalue weighted by Gasteiger charge is -2.26. The molecule has 0 saturated carbocycles. The molecule has 2 aromatic carbocycles. The number of nitrogens with one attached hydrogen (secondary N) is 1. The van der Waals surface area contributed by atoms with Gasteiger partial charge in [-0.25, -0.2) is 8.42 Å². The summed E-state index contributed by atoms with van der Waals surface area (Å²) in [7, 11) is -3.59. The standard InChI is InChI=1S/C21H26N2O5S2/c1-17-5-7-19(8-6-17)28-13-14-29-16-21(24)22-18-3-2-4-20(15-18)30(25,26)23-9-11-27-12-10-23/h2-8,15H,9-14,16H2,1H3,(H,22,24). The topological polar surface area (TPSA) is 84.9 Å². The van der Waals surface area contributed by atoms with E-state index in [1.807, 2.05) is 31.2 Å². The minimum atomic E-state index is -3.59. The van der Waals surface area contributed by atoms with Crippen molar-refractivity contribution in [1.82, 2.24) is 4.31 Å². The number of rotatable bonds is 9. The Morgan fingerprint density at radius 3 is 2.63 bits per heavy atom. The van der Waals surface area contributed by atoms with E-state index < -0.39 is 10.0 Å². The fourth-order valence-corrected chi connectivity index (χ4v) is 4.94. The van der Waals surface area contributed by atoms with Crippen molar-refractivity contribution >= 4 is 33.4 Å². The van der Waals surface area contributed by atoms with Crippen LogP contribution in [-0.2, 0) is 19.6 Å². The van der Waals surface area contributed by atoms with Crippen LogP contribution in [-0.4, -0.2) is 63.0 Å². The second kappa shape index (κ2) is 10.8. The number of sulfonamides is 1. The monoisotopic (exact) mass is 450 g/mol. The number of benzene rings is 2. The fraction of sp³-hybridized carbons (Fsp3) is 0.381. The van der Waals surface area contributed by atoms with Crippen molar-refractivity contribution in [2.45, 2.75) is 11.8 Å². The number of hydrogen-bond donors (Lipinski definition) is 1. The molecule has 0 aliphatic carbocycles. The average Bonchev–Trinajstić information content (AvgIpc) is 2.75. The molecule has 9 heteroatoms. The van der Waals surface area contributed by atoms with Gasteiger partial charge in [-0.05, 0) is 37.3 Å². The molecule has 162 valence electrons. The number of aryl methyl sites for hydroxylation is 1. The first-order valence-corrected chi connectivity index (χ1v) is 12.3. The first-order chi connectivity index (χ1) is 14.4. The van der Waals surface area contributed by atoms with Gasteiger partial charge in [0.15, 0.2) is 0 Å². The lowest BCUT2D eigenvalue weighted by Crippen LogP contribution is -2.40. The van der Waals surface area contributed by atoms with Crippen LogP contribution in [0.15, 0.2) is 53.4 Å². The van der Waals surface area contributed by atoms with Crippen LogP contribution in [0.3, 0.4) is 0 Å². The van der Waals surface area contributed by atoms with Crippen molar-refractivity contribution in [2.24, 2.45) is 0 Å². The van der Waals surface area contributed by atoms with Crippen molar-refractivity contribution in [3.05, 3.63) is 54.1 Å². The van der Waals surface area contributed by atoms with Crippen LogP contribution in [0, 0.1) is 6.92 Å². The van der Waals surface area contributed by atoms with Crippen LogP contribution in [0.5, 0.6) is 5.75 Å². The lowest BCUT2D eigenvalue weighted by atomic mass is 10.2. The molecule has 0 aromatic heterocycles. The zero-order valence-electron chi connectivity index (χ0n) is 16.9. The normalized spacial score (nSPS) is 15.0. The van der Waals surface area contributed by atoms with E-state index in [0.717, 1.165) is 5.75 Å². The van der Waals surface area contributed by atoms with Crippen molar-refractivity contribution < 1.29 is 22.7 Å². The Balaban J connectivity index is 1.45. The molecule has 1 saturated heterocycles. The van der Waals surface area contributed by atoms with Gasteiger partial charge in [0.05, 0.1) is 30.5 Å². The van der Waals surface area contributed by atoms with Gasteiger partial charge in [0.2, 0.25) is 15.9 Å². The molecule has 3 rings (SSSR count). The SMILES string of the molecule is Cc1ccc(OCCSCC(=O)Nc2cccc(S(=O)(=O)N3CCOCC3)c2)cc1. The van der Waals surface area contributed by atoms with Crippen LogP contribution >= 0.6 is 11.8 Å². The molecule has 1 fully saturated rings. The fourth-order valence-electron chi connectivity index (χ4n) is 2.89. The minimum absolute atomic E-state index is 0.168. The third kappa shape index (κ3) is 6.46. The largest absolute Gasteiger partial charge is 0.493 e. The molecule has 1 aliphatic rings. The number of anilines is 1. The van der Waals surface area contributed by atoms with E-state index in [1.54, 1.807) is 12.1 Å². The number of ether oxygens (including phenoxy) is 2. The van der Waals surface area contributed by atoms with Gasteiger partial charge in [-0.2, -0.15) is 4.31 Å². The van der Waals surface area contributed by atoms with Gasteiger partial charge in [0.1, 0.15) is 5.75 Å². The van der Waals surface area contributed by atoms with Gasteiger partial charge >= 0.3 is 0 Å². The Morgan fingerprint density at radius 1 is 1.17 bits per heavy atom. The predicted molar refractivity (Wildman–Crippen MR) is 119 cm³/mol. The summed E-state index contributed by atoms with van der Waals surface area (Å²) >= 11 is 1.46. The summed E-state index contributed by atoms with van der Waals surface area (Å²) in [6.45, 7) is 3.97.